The van der Waals surface area contributed by atoms with Crippen molar-refractivity contribution >= 4 is 65.7 Å². The number of fused-ring (bicyclic) bond motifs is 8. The molecule has 0 N–H and O–H groups in total. The zero-order valence-electron chi connectivity index (χ0n) is 34.5. The Morgan fingerprint density at radius 1 is 0.234 bits per heavy atom. The van der Waals surface area contributed by atoms with Gasteiger partial charge in [-0.1, -0.05) is 146 Å². The van der Waals surface area contributed by atoms with Crippen LogP contribution in [0.1, 0.15) is 0 Å². The lowest BCUT2D eigenvalue weighted by molar-refractivity contribution is 1.17. The third-order valence-electron chi connectivity index (χ3n) is 12.5. The summed E-state index contributed by atoms with van der Waals surface area (Å²) >= 11 is 0. The predicted octanol–water partition coefficient (Wildman–Crippen LogP) is 14.4. The Bertz CT molecular complexity index is 3940. The number of hydrogen-bond donors (Lipinski definition) is 0. The molecule has 0 saturated heterocycles. The summed E-state index contributed by atoms with van der Waals surface area (Å²) in [7, 11) is 0. The fourth-order valence-electron chi connectivity index (χ4n) is 9.54. The average molecular weight is 817 g/mol. The summed E-state index contributed by atoms with van der Waals surface area (Å²) in [6, 6.07) is 76.6. The summed E-state index contributed by atoms with van der Waals surface area (Å²) in [6.07, 6.45) is 0. The summed E-state index contributed by atoms with van der Waals surface area (Å²) in [5.74, 6) is 0. The van der Waals surface area contributed by atoms with Crippen molar-refractivity contribution in [2.45, 2.75) is 0 Å². The molecular formula is C58H36N6. The van der Waals surface area contributed by atoms with Gasteiger partial charge in [0.05, 0.1) is 66.9 Å². The highest BCUT2D eigenvalue weighted by atomic mass is 15.0. The Morgan fingerprint density at radius 2 is 0.609 bits per heavy atom. The molecule has 4 heterocycles. The maximum absolute atomic E-state index is 5.25. The molecule has 6 heteroatoms. The van der Waals surface area contributed by atoms with E-state index >= 15 is 0 Å². The smallest absolute Gasteiger partial charge is 0.0973 e. The largest absolute Gasteiger partial charge is 0.309 e. The van der Waals surface area contributed by atoms with Crippen LogP contribution in [-0.2, 0) is 0 Å². The molecule has 0 aliphatic rings. The highest BCUT2D eigenvalue weighted by molar-refractivity contribution is 6.19. The third-order valence-corrected chi connectivity index (χ3v) is 12.5. The van der Waals surface area contributed by atoms with E-state index in [-0.39, 0.29) is 0 Å². The average Bonchev–Trinajstić information content (AvgIpc) is 3.87. The van der Waals surface area contributed by atoms with Crippen LogP contribution in [0.25, 0.3) is 122 Å². The van der Waals surface area contributed by atoms with Crippen molar-refractivity contribution in [2.75, 3.05) is 0 Å². The van der Waals surface area contributed by atoms with Crippen molar-refractivity contribution in [2.24, 2.45) is 0 Å². The lowest BCUT2D eigenvalue weighted by atomic mass is 10.0. The van der Waals surface area contributed by atoms with Crippen LogP contribution in [0.3, 0.4) is 0 Å². The van der Waals surface area contributed by atoms with Crippen LogP contribution in [0, 0.1) is 0 Å². The molecule has 4 aromatic heterocycles. The van der Waals surface area contributed by atoms with E-state index in [1.54, 1.807) is 0 Å². The first kappa shape index (κ1) is 36.0. The monoisotopic (exact) mass is 816 g/mol. The van der Waals surface area contributed by atoms with Gasteiger partial charge in [0.25, 0.3) is 0 Å². The van der Waals surface area contributed by atoms with Crippen LogP contribution in [-0.4, -0.2) is 29.1 Å². The van der Waals surface area contributed by atoms with Gasteiger partial charge >= 0.3 is 0 Å². The van der Waals surface area contributed by atoms with Gasteiger partial charge in [-0.05, 0) is 72.8 Å². The van der Waals surface area contributed by atoms with Crippen LogP contribution in [0.15, 0.2) is 218 Å². The molecule has 0 atom stereocenters. The highest BCUT2D eigenvalue weighted by Crippen LogP contribution is 2.41. The molecule has 0 aliphatic carbocycles. The third kappa shape index (κ3) is 5.73. The lowest BCUT2D eigenvalue weighted by Gasteiger charge is -2.13. The zero-order valence-corrected chi connectivity index (χ0v) is 34.5. The second-order valence-corrected chi connectivity index (χ2v) is 16.2. The van der Waals surface area contributed by atoms with Crippen LogP contribution >= 0.6 is 0 Å². The molecular weight excluding hydrogens is 781 g/mol. The van der Waals surface area contributed by atoms with E-state index in [1.807, 2.05) is 60.7 Å². The molecule has 6 nitrogen and oxygen atoms in total. The molecule has 0 aliphatic heterocycles. The second-order valence-electron chi connectivity index (χ2n) is 16.2. The SMILES string of the molecule is c1ccc(-c2nc3ccccc3nc2-c2ccc(-n3c4ccccc4c4cc5c(cc43)c3ccccc3n5-c3cccc(-c4nc5ccccc5nc4-c4ccccc4)c3)cc2)cc1. The molecule has 0 fully saturated rings. The number of aromatic nitrogens is 6. The van der Waals surface area contributed by atoms with Crippen molar-refractivity contribution in [3.8, 4) is 56.4 Å². The molecule has 0 amide bonds. The van der Waals surface area contributed by atoms with E-state index in [0.29, 0.717) is 0 Å². The summed E-state index contributed by atoms with van der Waals surface area (Å²) in [5, 5.41) is 4.75. The Labute approximate surface area is 368 Å². The number of benzene rings is 9. The van der Waals surface area contributed by atoms with E-state index in [9.17, 15) is 0 Å². The topological polar surface area (TPSA) is 61.4 Å². The molecule has 0 spiro atoms. The Kier molecular flexibility index (Phi) is 8.11. The van der Waals surface area contributed by atoms with Crippen molar-refractivity contribution in [3.63, 3.8) is 0 Å². The zero-order chi connectivity index (χ0) is 42.1. The van der Waals surface area contributed by atoms with Gasteiger partial charge in [-0.25, -0.2) is 19.9 Å². The van der Waals surface area contributed by atoms with Gasteiger partial charge in [-0.3, -0.25) is 0 Å². The summed E-state index contributed by atoms with van der Waals surface area (Å²) in [6.45, 7) is 0. The first-order chi connectivity index (χ1) is 31.7. The molecule has 9 aromatic carbocycles. The maximum Gasteiger partial charge on any atom is 0.0973 e. The molecule has 64 heavy (non-hydrogen) atoms. The fraction of sp³-hybridized carbons (Fsp3) is 0. The molecule has 0 unspecified atom stereocenters. The normalized spacial score (nSPS) is 11.8. The first-order valence-corrected chi connectivity index (χ1v) is 21.6. The minimum Gasteiger partial charge on any atom is -0.309 e. The van der Waals surface area contributed by atoms with Gasteiger partial charge in [0.1, 0.15) is 0 Å². The number of nitrogens with zero attached hydrogens (tertiary/aromatic N) is 6. The summed E-state index contributed by atoms with van der Waals surface area (Å²) < 4.78 is 4.80. The van der Waals surface area contributed by atoms with Gasteiger partial charge < -0.3 is 9.13 Å². The van der Waals surface area contributed by atoms with E-state index in [1.165, 1.54) is 21.5 Å². The van der Waals surface area contributed by atoms with Gasteiger partial charge in [0.2, 0.25) is 0 Å². The Morgan fingerprint density at radius 3 is 1.09 bits per heavy atom. The number of hydrogen-bond acceptors (Lipinski definition) is 4. The van der Waals surface area contributed by atoms with Crippen molar-refractivity contribution < 1.29 is 0 Å². The van der Waals surface area contributed by atoms with E-state index in [4.69, 9.17) is 19.9 Å². The Hall–Kier alpha value is -8.74. The number of rotatable bonds is 6. The van der Waals surface area contributed by atoms with Crippen molar-refractivity contribution in [1.29, 1.82) is 0 Å². The van der Waals surface area contributed by atoms with Gasteiger partial charge in [0.15, 0.2) is 0 Å². The van der Waals surface area contributed by atoms with Crippen LogP contribution in [0.5, 0.6) is 0 Å². The maximum atomic E-state index is 5.25. The van der Waals surface area contributed by atoms with E-state index in [0.717, 1.165) is 101 Å². The Balaban J connectivity index is 0.986. The highest BCUT2D eigenvalue weighted by Gasteiger charge is 2.21. The molecule has 0 saturated carbocycles. The summed E-state index contributed by atoms with van der Waals surface area (Å²) in [4.78, 5) is 20.7. The second kappa shape index (κ2) is 14.4. The van der Waals surface area contributed by atoms with Crippen molar-refractivity contribution in [3.05, 3.63) is 218 Å². The molecule has 13 rings (SSSR count). The fourth-order valence-corrected chi connectivity index (χ4v) is 9.54. The van der Waals surface area contributed by atoms with E-state index in [2.05, 4.69) is 167 Å². The van der Waals surface area contributed by atoms with Crippen molar-refractivity contribution in [1.82, 2.24) is 29.1 Å². The molecule has 298 valence electrons. The van der Waals surface area contributed by atoms with E-state index < -0.39 is 0 Å². The predicted molar refractivity (Wildman–Crippen MR) is 263 cm³/mol. The summed E-state index contributed by atoms with van der Waals surface area (Å²) in [5.41, 5.74) is 17.7. The lowest BCUT2D eigenvalue weighted by Crippen LogP contribution is -1.98. The van der Waals surface area contributed by atoms with Crippen LogP contribution in [0.4, 0.5) is 0 Å². The molecule has 13 aromatic rings. The minimum atomic E-state index is 0.855. The quantitative estimate of drug-likeness (QED) is 0.168. The standard InChI is InChI=1S/C58H36N6/c1-3-16-37(17-4-1)55-57(61-48-25-10-9-24-47(48)59-55)39-30-32-41(33-31-39)63-51-28-13-7-22-43(51)45-36-54-46(35-53(45)63)44-23-8-14-29-52(44)64(54)42-21-15-20-40(34-42)58-56(38-18-5-2-6-19-38)60-49-26-11-12-27-50(49)62-58/h1-36H. The van der Waals surface area contributed by atoms with Crippen LogP contribution in [0.2, 0.25) is 0 Å². The number of para-hydroxylation sites is 6. The van der Waals surface area contributed by atoms with Crippen LogP contribution < -0.4 is 0 Å². The molecule has 0 radical (unpaired) electrons. The van der Waals surface area contributed by atoms with Gasteiger partial charge in [0, 0.05) is 55.2 Å². The van der Waals surface area contributed by atoms with Gasteiger partial charge in [-0.15, -0.1) is 0 Å². The van der Waals surface area contributed by atoms with Gasteiger partial charge in [-0.2, -0.15) is 0 Å². The molecule has 0 bridgehead atoms. The first-order valence-electron chi connectivity index (χ1n) is 21.6. The minimum absolute atomic E-state index is 0.855.